The Bertz CT molecular complexity index is 1110. The topological polar surface area (TPSA) is 81.1 Å². The molecule has 2 N–H and O–H groups in total. The van der Waals surface area contributed by atoms with Crippen LogP contribution in [0.15, 0.2) is 69.4 Å². The second-order valence-electron chi connectivity index (χ2n) is 6.67. The Morgan fingerprint density at radius 1 is 1.20 bits per heavy atom. The molecule has 3 aromatic rings. The second kappa shape index (κ2) is 8.53. The number of hydrogen-bond donors (Lipinski definition) is 2. The van der Waals surface area contributed by atoms with Crippen LogP contribution in [0.25, 0.3) is 0 Å². The van der Waals surface area contributed by atoms with Gasteiger partial charge in [-0.05, 0) is 55.1 Å². The molecular weight excluding hydrogens is 466 g/mol. The molecule has 1 aliphatic rings. The Hall–Kier alpha value is -2.78. The summed E-state index contributed by atoms with van der Waals surface area (Å²) in [5, 5.41) is 11.5. The fourth-order valence-electron chi connectivity index (χ4n) is 3.34. The molecule has 0 fully saturated rings. The predicted molar refractivity (Wildman–Crippen MR) is 122 cm³/mol. The molecule has 0 spiro atoms. The van der Waals surface area contributed by atoms with Crippen LogP contribution < -0.4 is 15.4 Å². The summed E-state index contributed by atoms with van der Waals surface area (Å²) in [4.78, 5) is 17.9. The number of fused-ring (bicyclic) bond motifs is 1. The number of aromatic nitrogens is 3. The van der Waals surface area contributed by atoms with Crippen molar-refractivity contribution in [3.8, 4) is 5.75 Å². The number of amides is 1. The first-order valence-electron chi connectivity index (χ1n) is 9.19. The number of hydrogen-bond acceptors (Lipinski definition) is 6. The summed E-state index contributed by atoms with van der Waals surface area (Å²) in [5.41, 5.74) is 2.95. The lowest BCUT2D eigenvalue weighted by Crippen LogP contribution is -2.31. The van der Waals surface area contributed by atoms with Gasteiger partial charge in [-0.15, -0.1) is 5.10 Å². The molecule has 0 saturated heterocycles. The third-order valence-electron chi connectivity index (χ3n) is 4.79. The zero-order valence-electron chi connectivity index (χ0n) is 16.6. The van der Waals surface area contributed by atoms with Crippen molar-refractivity contribution >= 4 is 45.2 Å². The number of nitrogens with one attached hydrogen (secondary N) is 2. The molecule has 0 aliphatic carbocycles. The number of carbonyl (C=O) groups is 1. The average molecular weight is 486 g/mol. The van der Waals surface area contributed by atoms with E-state index in [1.807, 2.05) is 61.7 Å². The lowest BCUT2D eigenvalue weighted by atomic mass is 9.95. The Morgan fingerprint density at radius 2 is 1.90 bits per heavy atom. The van der Waals surface area contributed by atoms with Gasteiger partial charge in [0.25, 0.3) is 5.91 Å². The maximum atomic E-state index is 13.4. The van der Waals surface area contributed by atoms with Gasteiger partial charge in [-0.2, -0.15) is 4.98 Å². The first-order valence-corrected chi connectivity index (χ1v) is 11.2. The van der Waals surface area contributed by atoms with E-state index in [0.29, 0.717) is 22.4 Å². The molecule has 7 nitrogen and oxygen atoms in total. The third kappa shape index (κ3) is 3.95. The van der Waals surface area contributed by atoms with Gasteiger partial charge in [-0.3, -0.25) is 4.79 Å². The van der Waals surface area contributed by atoms with E-state index < -0.39 is 6.04 Å². The zero-order chi connectivity index (χ0) is 21.3. The van der Waals surface area contributed by atoms with Gasteiger partial charge in [0.2, 0.25) is 11.1 Å². The monoisotopic (exact) mass is 485 g/mol. The first-order chi connectivity index (χ1) is 14.5. The average Bonchev–Trinajstić information content (AvgIpc) is 3.16. The molecule has 9 heteroatoms. The van der Waals surface area contributed by atoms with E-state index in [-0.39, 0.29) is 5.91 Å². The standard InChI is InChI=1S/C21H20BrN5O2S/c1-12-17(19(28)24-15-8-10-16(29-2)11-9-15)18(13-4-6-14(22)7-5-13)27-20(23-12)25-21(26-27)30-3/h4-11,18H,1-3H3,(H,24,28)(H,23,25,26). The lowest BCUT2D eigenvalue weighted by molar-refractivity contribution is -0.113. The second-order valence-corrected chi connectivity index (χ2v) is 8.36. The Kier molecular flexibility index (Phi) is 5.83. The maximum absolute atomic E-state index is 13.4. The van der Waals surface area contributed by atoms with Crippen LogP contribution in [0, 0.1) is 0 Å². The van der Waals surface area contributed by atoms with E-state index >= 15 is 0 Å². The quantitative estimate of drug-likeness (QED) is 0.509. The Morgan fingerprint density at radius 3 is 2.53 bits per heavy atom. The highest BCUT2D eigenvalue weighted by atomic mass is 79.9. The number of methoxy groups -OCH3 is 1. The van der Waals surface area contributed by atoms with Crippen LogP contribution in [-0.4, -0.2) is 34.0 Å². The van der Waals surface area contributed by atoms with Gasteiger partial charge < -0.3 is 15.4 Å². The van der Waals surface area contributed by atoms with Crippen molar-refractivity contribution in [2.24, 2.45) is 0 Å². The molecule has 1 aliphatic heterocycles. The van der Waals surface area contributed by atoms with Gasteiger partial charge in [-0.1, -0.05) is 39.8 Å². The number of benzene rings is 2. The van der Waals surface area contributed by atoms with Crippen molar-refractivity contribution in [2.75, 3.05) is 24.0 Å². The summed E-state index contributed by atoms with van der Waals surface area (Å²) < 4.78 is 7.92. The fraction of sp³-hybridized carbons (Fsp3) is 0.190. The number of allylic oxidation sites excluding steroid dienone is 1. The minimum Gasteiger partial charge on any atom is -0.497 e. The molecule has 0 bridgehead atoms. The molecule has 0 radical (unpaired) electrons. The molecule has 0 saturated carbocycles. The smallest absolute Gasteiger partial charge is 0.255 e. The first kappa shape index (κ1) is 20.5. The van der Waals surface area contributed by atoms with Crippen LogP contribution in [-0.2, 0) is 4.79 Å². The summed E-state index contributed by atoms with van der Waals surface area (Å²) >= 11 is 4.93. The van der Waals surface area contributed by atoms with E-state index in [1.54, 1.807) is 11.8 Å². The van der Waals surface area contributed by atoms with Crippen molar-refractivity contribution in [3.05, 3.63) is 69.8 Å². The van der Waals surface area contributed by atoms with Gasteiger partial charge in [0.15, 0.2) is 0 Å². The van der Waals surface area contributed by atoms with Gasteiger partial charge in [0.1, 0.15) is 11.8 Å². The fourth-order valence-corrected chi connectivity index (χ4v) is 3.95. The van der Waals surface area contributed by atoms with Gasteiger partial charge in [0, 0.05) is 15.9 Å². The SMILES string of the molecule is COc1ccc(NC(=O)C2=C(C)Nc3nc(SC)nn3C2c2ccc(Br)cc2)cc1. The molecular formula is C21H20BrN5O2S. The van der Waals surface area contributed by atoms with E-state index in [9.17, 15) is 4.79 Å². The Labute approximate surface area is 187 Å². The van der Waals surface area contributed by atoms with E-state index in [2.05, 4.69) is 36.6 Å². The molecule has 1 atom stereocenters. The van der Waals surface area contributed by atoms with Gasteiger partial charge in [-0.25, -0.2) is 4.68 Å². The van der Waals surface area contributed by atoms with Crippen molar-refractivity contribution in [2.45, 2.75) is 18.1 Å². The van der Waals surface area contributed by atoms with Crippen LogP contribution in [0.4, 0.5) is 11.6 Å². The number of thioether (sulfide) groups is 1. The summed E-state index contributed by atoms with van der Waals surface area (Å²) in [7, 11) is 1.61. The summed E-state index contributed by atoms with van der Waals surface area (Å²) in [6, 6.07) is 14.7. The van der Waals surface area contributed by atoms with E-state index in [1.165, 1.54) is 11.8 Å². The maximum Gasteiger partial charge on any atom is 0.255 e. The van der Waals surface area contributed by atoms with Crippen LogP contribution in [0.1, 0.15) is 18.5 Å². The normalized spacial score (nSPS) is 15.4. The largest absolute Gasteiger partial charge is 0.497 e. The van der Waals surface area contributed by atoms with Gasteiger partial charge in [0.05, 0.1) is 12.7 Å². The third-order valence-corrected chi connectivity index (χ3v) is 5.86. The molecule has 1 amide bonds. The number of halogens is 1. The molecule has 30 heavy (non-hydrogen) atoms. The minimum absolute atomic E-state index is 0.204. The molecule has 4 rings (SSSR count). The minimum atomic E-state index is -0.402. The number of ether oxygens (including phenoxy) is 1. The van der Waals surface area contributed by atoms with Crippen LogP contribution in [0.3, 0.4) is 0 Å². The summed E-state index contributed by atoms with van der Waals surface area (Å²) in [5.74, 6) is 1.14. The number of anilines is 2. The number of rotatable bonds is 5. The molecule has 1 unspecified atom stereocenters. The highest BCUT2D eigenvalue weighted by molar-refractivity contribution is 9.10. The predicted octanol–water partition coefficient (Wildman–Crippen LogP) is 4.70. The van der Waals surface area contributed by atoms with E-state index in [4.69, 9.17) is 4.74 Å². The van der Waals surface area contributed by atoms with Crippen LogP contribution >= 0.6 is 27.7 Å². The molecule has 154 valence electrons. The summed E-state index contributed by atoms with van der Waals surface area (Å²) in [6.07, 6.45) is 1.92. The number of nitrogens with zero attached hydrogens (tertiary/aromatic N) is 3. The zero-order valence-corrected chi connectivity index (χ0v) is 19.0. The van der Waals surface area contributed by atoms with E-state index in [0.717, 1.165) is 21.5 Å². The Balaban J connectivity index is 1.74. The van der Waals surface area contributed by atoms with Crippen molar-refractivity contribution in [3.63, 3.8) is 0 Å². The van der Waals surface area contributed by atoms with Crippen molar-refractivity contribution < 1.29 is 9.53 Å². The molecule has 2 aromatic carbocycles. The van der Waals surface area contributed by atoms with Gasteiger partial charge >= 0.3 is 0 Å². The summed E-state index contributed by atoms with van der Waals surface area (Å²) in [6.45, 7) is 1.88. The van der Waals surface area contributed by atoms with Crippen LogP contribution in [0.5, 0.6) is 5.75 Å². The van der Waals surface area contributed by atoms with Crippen molar-refractivity contribution in [1.29, 1.82) is 0 Å². The van der Waals surface area contributed by atoms with Crippen LogP contribution in [0.2, 0.25) is 0 Å². The number of carbonyl (C=O) groups excluding carboxylic acids is 1. The molecule has 2 heterocycles. The molecule has 1 aromatic heterocycles. The highest BCUT2D eigenvalue weighted by Crippen LogP contribution is 2.36. The van der Waals surface area contributed by atoms with Crippen molar-refractivity contribution in [1.82, 2.24) is 14.8 Å². The lowest BCUT2D eigenvalue weighted by Gasteiger charge is -2.28. The highest BCUT2D eigenvalue weighted by Gasteiger charge is 2.34.